The van der Waals surface area contributed by atoms with Gasteiger partial charge in [-0.15, -0.1) is 0 Å². The van der Waals surface area contributed by atoms with Gasteiger partial charge in [0.2, 0.25) is 0 Å². The molecule has 66 heavy (non-hydrogen) atoms. The lowest BCUT2D eigenvalue weighted by atomic mass is 10.0. The molecule has 0 aliphatic carbocycles. The molecule has 0 saturated heterocycles. The summed E-state index contributed by atoms with van der Waals surface area (Å²) < 4.78 is 39.3. The number of esters is 3. The van der Waals surface area contributed by atoms with Crippen LogP contribution in [0.15, 0.2) is 48.6 Å². The Kier molecular flexibility index (Phi) is 47.0. The van der Waals surface area contributed by atoms with Crippen LogP contribution in [-0.4, -0.2) is 66.5 Å². The van der Waals surface area contributed by atoms with E-state index in [-0.39, 0.29) is 25.9 Å². The summed E-state index contributed by atoms with van der Waals surface area (Å²) in [6, 6.07) is 0. The van der Waals surface area contributed by atoms with Gasteiger partial charge in [0.25, 0.3) is 0 Å². The maximum absolute atomic E-state index is 12.8. The van der Waals surface area contributed by atoms with Crippen molar-refractivity contribution >= 4 is 25.7 Å². The van der Waals surface area contributed by atoms with E-state index in [1.54, 1.807) is 0 Å². The van der Waals surface area contributed by atoms with Gasteiger partial charge in [-0.25, -0.2) is 4.57 Å². The topological polar surface area (TPSA) is 155 Å². The summed E-state index contributed by atoms with van der Waals surface area (Å²) >= 11 is 0. The molecule has 384 valence electrons. The lowest BCUT2D eigenvalue weighted by Crippen LogP contribution is -2.30. The minimum absolute atomic E-state index is 0.0494. The van der Waals surface area contributed by atoms with Crippen molar-refractivity contribution in [3.05, 3.63) is 48.6 Å². The van der Waals surface area contributed by atoms with Crippen molar-refractivity contribution < 1.29 is 52.2 Å². The molecule has 12 heteroatoms. The van der Waals surface area contributed by atoms with E-state index in [4.69, 9.17) is 23.3 Å². The van der Waals surface area contributed by atoms with Crippen molar-refractivity contribution in [3.8, 4) is 0 Å². The maximum Gasteiger partial charge on any atom is 0.472 e. The summed E-state index contributed by atoms with van der Waals surface area (Å²) in [4.78, 5) is 48.3. The molecule has 0 aliphatic rings. The van der Waals surface area contributed by atoms with Gasteiger partial charge in [-0.1, -0.05) is 223 Å². The number of ether oxygens (including phenoxy) is 3. The number of aliphatic hydroxyl groups is 1. The Morgan fingerprint density at radius 3 is 1.21 bits per heavy atom. The molecule has 0 radical (unpaired) electrons. The molecule has 0 spiro atoms. The van der Waals surface area contributed by atoms with Crippen molar-refractivity contribution in [2.45, 2.75) is 251 Å². The first kappa shape index (κ1) is 63.4. The molecule has 0 amide bonds. The van der Waals surface area contributed by atoms with E-state index < -0.39 is 57.8 Å². The smallest absolute Gasteiger partial charge is 0.462 e. The molecule has 0 aliphatic heterocycles. The van der Waals surface area contributed by atoms with E-state index in [1.807, 2.05) is 12.2 Å². The first-order chi connectivity index (χ1) is 32.2. The molecule has 0 bridgehead atoms. The zero-order chi connectivity index (χ0) is 48.4. The van der Waals surface area contributed by atoms with Gasteiger partial charge in [-0.2, -0.15) is 0 Å². The Morgan fingerprint density at radius 1 is 0.439 bits per heavy atom. The van der Waals surface area contributed by atoms with Gasteiger partial charge in [-0.3, -0.25) is 23.4 Å². The van der Waals surface area contributed by atoms with Crippen molar-refractivity contribution in [1.29, 1.82) is 0 Å². The second-order valence-electron chi connectivity index (χ2n) is 17.7. The molecule has 11 nitrogen and oxygen atoms in total. The Bertz CT molecular complexity index is 1300. The van der Waals surface area contributed by atoms with Crippen LogP contribution in [0.3, 0.4) is 0 Å². The van der Waals surface area contributed by atoms with E-state index in [1.165, 1.54) is 116 Å². The standard InChI is InChI=1S/C54H97O11P/c1-4-7-10-13-16-19-22-25-28-31-34-37-40-43-52(56)61-47-51(65-54(58)45-42-39-36-33-30-27-24-21-18-15-12-9-6-3)49-63-66(59,60)62-48-50(46-55)64-53(57)44-41-38-35-32-29-26-23-20-17-14-11-8-5-2/h9,12,18,21,27,30,36,39,50-51,55H,4-8,10-11,13-17,19-20,22-26,28-29,31-35,37-38,40-49H2,1-3H3,(H,59,60)/b12-9-,21-18-,30-27-,39-36-. The number of phosphoric acid groups is 1. The van der Waals surface area contributed by atoms with Gasteiger partial charge in [0, 0.05) is 19.3 Å². The Labute approximate surface area is 403 Å². The van der Waals surface area contributed by atoms with Gasteiger partial charge in [0.05, 0.1) is 19.8 Å². The Balaban J connectivity index is 4.78. The molecule has 3 unspecified atom stereocenters. The molecule has 0 fully saturated rings. The van der Waals surface area contributed by atoms with Crippen molar-refractivity contribution in [1.82, 2.24) is 0 Å². The predicted molar refractivity (Wildman–Crippen MR) is 270 cm³/mol. The normalized spacial score (nSPS) is 13.8. The lowest BCUT2D eigenvalue weighted by molar-refractivity contribution is -0.161. The molecule has 3 atom stereocenters. The molecule has 0 aromatic rings. The molecule has 0 saturated carbocycles. The third-order valence-electron chi connectivity index (χ3n) is 11.3. The number of hydrogen-bond acceptors (Lipinski definition) is 10. The summed E-state index contributed by atoms with van der Waals surface area (Å²) in [7, 11) is -4.75. The van der Waals surface area contributed by atoms with Gasteiger partial charge >= 0.3 is 25.7 Å². The van der Waals surface area contributed by atoms with Gasteiger partial charge in [-0.05, 0) is 44.9 Å². The highest BCUT2D eigenvalue weighted by molar-refractivity contribution is 7.47. The fourth-order valence-corrected chi connectivity index (χ4v) is 8.04. The number of carbonyl (C=O) groups excluding carboxylic acids is 3. The van der Waals surface area contributed by atoms with E-state index in [9.17, 15) is 28.9 Å². The highest BCUT2D eigenvalue weighted by Crippen LogP contribution is 2.43. The van der Waals surface area contributed by atoms with Crippen LogP contribution in [0.25, 0.3) is 0 Å². The highest BCUT2D eigenvalue weighted by atomic mass is 31.2. The van der Waals surface area contributed by atoms with E-state index in [0.717, 1.165) is 64.2 Å². The van der Waals surface area contributed by atoms with Crippen LogP contribution in [0.1, 0.15) is 239 Å². The molecule has 2 N–H and O–H groups in total. The summed E-state index contributed by atoms with van der Waals surface area (Å²) in [5.41, 5.74) is 0. The monoisotopic (exact) mass is 953 g/mol. The quantitative estimate of drug-likeness (QED) is 0.0197. The van der Waals surface area contributed by atoms with Gasteiger partial charge in [0.1, 0.15) is 12.7 Å². The maximum atomic E-state index is 12.8. The number of allylic oxidation sites excluding steroid dienone is 8. The first-order valence-electron chi connectivity index (χ1n) is 26.5. The minimum Gasteiger partial charge on any atom is -0.462 e. The van der Waals surface area contributed by atoms with Crippen LogP contribution in [0.4, 0.5) is 0 Å². The largest absolute Gasteiger partial charge is 0.472 e. The number of carbonyl (C=O) groups is 3. The molecule has 0 heterocycles. The fourth-order valence-electron chi connectivity index (χ4n) is 7.25. The molecule has 0 aromatic carbocycles. The molecular formula is C54H97O11P. The number of hydrogen-bond donors (Lipinski definition) is 2. The van der Waals surface area contributed by atoms with Crippen molar-refractivity contribution in [3.63, 3.8) is 0 Å². The molecule has 0 rings (SSSR count). The van der Waals surface area contributed by atoms with E-state index in [2.05, 4.69) is 57.2 Å². The average molecular weight is 953 g/mol. The number of phosphoric ester groups is 1. The van der Waals surface area contributed by atoms with Crippen molar-refractivity contribution in [2.24, 2.45) is 0 Å². The van der Waals surface area contributed by atoms with Crippen LogP contribution in [-0.2, 0) is 42.2 Å². The van der Waals surface area contributed by atoms with Crippen LogP contribution >= 0.6 is 7.82 Å². The minimum atomic E-state index is -4.75. The number of unbranched alkanes of at least 4 members (excludes halogenated alkanes) is 24. The van der Waals surface area contributed by atoms with E-state index in [0.29, 0.717) is 19.3 Å². The summed E-state index contributed by atoms with van der Waals surface area (Å²) in [5, 5.41) is 9.77. The molecular weight excluding hydrogens is 856 g/mol. The van der Waals surface area contributed by atoms with Gasteiger partial charge < -0.3 is 24.2 Å². The number of rotatable bonds is 49. The van der Waals surface area contributed by atoms with Crippen LogP contribution < -0.4 is 0 Å². The van der Waals surface area contributed by atoms with E-state index >= 15 is 0 Å². The zero-order valence-corrected chi connectivity index (χ0v) is 43.1. The second kappa shape index (κ2) is 48.9. The Hall–Kier alpha value is -2.56. The SMILES string of the molecule is CC/C=C\C/C=C\C/C=C\C/C=C\CCC(=O)OC(COC(=O)CCCCCCCCCCCCCCC)COP(=O)(O)OCC(CO)OC(=O)CCCCCCCCCCCCCCC. The molecule has 0 aromatic heterocycles. The number of aliphatic hydroxyl groups excluding tert-OH is 1. The summed E-state index contributed by atoms with van der Waals surface area (Å²) in [6.07, 6.45) is 49.5. The summed E-state index contributed by atoms with van der Waals surface area (Å²) in [6.45, 7) is 4.45. The summed E-state index contributed by atoms with van der Waals surface area (Å²) in [5.74, 6) is -1.55. The fraction of sp³-hybridized carbons (Fsp3) is 0.796. The Morgan fingerprint density at radius 2 is 0.788 bits per heavy atom. The lowest BCUT2D eigenvalue weighted by Gasteiger charge is -2.21. The third kappa shape index (κ3) is 46.5. The van der Waals surface area contributed by atoms with Crippen molar-refractivity contribution in [2.75, 3.05) is 26.4 Å². The van der Waals surface area contributed by atoms with Gasteiger partial charge in [0.15, 0.2) is 6.10 Å². The van der Waals surface area contributed by atoms with Crippen LogP contribution in [0.2, 0.25) is 0 Å². The predicted octanol–water partition coefficient (Wildman–Crippen LogP) is 15.0. The highest BCUT2D eigenvalue weighted by Gasteiger charge is 2.28. The first-order valence-corrected chi connectivity index (χ1v) is 28.0. The van der Waals surface area contributed by atoms with Crippen LogP contribution in [0.5, 0.6) is 0 Å². The average Bonchev–Trinajstić information content (AvgIpc) is 3.30. The van der Waals surface area contributed by atoms with Crippen LogP contribution in [0, 0.1) is 0 Å². The third-order valence-corrected chi connectivity index (χ3v) is 12.2. The zero-order valence-electron chi connectivity index (χ0n) is 42.2. The second-order valence-corrected chi connectivity index (χ2v) is 19.1.